The second kappa shape index (κ2) is 8.36. The molecule has 0 amide bonds. The highest BCUT2D eigenvalue weighted by atomic mass is 35.5. The average Bonchev–Trinajstić information content (AvgIpc) is 3.15. The normalized spacial score (nSPS) is 26.1. The molecule has 27 heavy (non-hydrogen) atoms. The number of nitrogen functional groups attached to an aromatic ring is 1. The van der Waals surface area contributed by atoms with Crippen molar-refractivity contribution in [3.8, 4) is 0 Å². The summed E-state index contributed by atoms with van der Waals surface area (Å²) in [6, 6.07) is -1.97. The zero-order valence-corrected chi connectivity index (χ0v) is 15.8. The molecule has 0 aliphatic carbocycles. The number of nitrogens with zero attached hydrogens (tertiary/aromatic N) is 2. The van der Waals surface area contributed by atoms with E-state index < -0.39 is 36.3 Å². The number of aliphatic hydroxyl groups excluding tert-OH is 2. The first-order valence-electron chi connectivity index (χ1n) is 8.43. The van der Waals surface area contributed by atoms with Gasteiger partial charge in [0.25, 0.3) is 0 Å². The van der Waals surface area contributed by atoms with Crippen LogP contribution in [0, 0.1) is 5.92 Å². The van der Waals surface area contributed by atoms with Crippen LogP contribution in [0.5, 0.6) is 0 Å². The van der Waals surface area contributed by atoms with Crippen molar-refractivity contribution in [1.29, 1.82) is 0 Å². The standard InChI is InChI=1S/C16H24N6O4.ClH/c1-6(2)9(17)16(25)26-4-8-13(23)14(24)11(22-8)7-3-19-12-10(7)20-5-21-15(12)18;/h3,5-6,8-9,11,13-14,19,22-24H,4,17H2,1-2H3,(H2,18,20,21);1H/t8-,9?,11+,13-,14+;/m1./s1. The minimum absolute atomic E-state index is 0. The van der Waals surface area contributed by atoms with E-state index in [0.29, 0.717) is 22.4 Å². The van der Waals surface area contributed by atoms with Crippen molar-refractivity contribution in [1.82, 2.24) is 20.3 Å². The molecule has 0 spiro atoms. The second-order valence-corrected chi connectivity index (χ2v) is 6.86. The highest BCUT2D eigenvalue weighted by Crippen LogP contribution is 2.32. The number of hydrogen-bond donors (Lipinski definition) is 6. The Bertz CT molecular complexity index is 800. The van der Waals surface area contributed by atoms with Crippen LogP contribution in [0.15, 0.2) is 12.5 Å². The van der Waals surface area contributed by atoms with Gasteiger partial charge >= 0.3 is 5.97 Å². The summed E-state index contributed by atoms with van der Waals surface area (Å²) in [4.78, 5) is 23.0. The zero-order valence-electron chi connectivity index (χ0n) is 15.0. The first kappa shape index (κ1) is 21.3. The number of halogens is 1. The first-order chi connectivity index (χ1) is 12.3. The van der Waals surface area contributed by atoms with Gasteiger partial charge in [-0.1, -0.05) is 13.8 Å². The van der Waals surface area contributed by atoms with Crippen molar-refractivity contribution < 1.29 is 19.7 Å². The van der Waals surface area contributed by atoms with Crippen LogP contribution in [-0.4, -0.2) is 62.0 Å². The van der Waals surface area contributed by atoms with E-state index in [9.17, 15) is 15.0 Å². The van der Waals surface area contributed by atoms with Gasteiger partial charge < -0.3 is 31.4 Å². The molecule has 0 radical (unpaired) electrons. The van der Waals surface area contributed by atoms with Crippen molar-refractivity contribution in [3.63, 3.8) is 0 Å². The Labute approximate surface area is 162 Å². The molecule has 1 unspecified atom stereocenters. The Morgan fingerprint density at radius 1 is 1.33 bits per heavy atom. The molecule has 5 atom stereocenters. The van der Waals surface area contributed by atoms with E-state index in [1.807, 2.05) is 13.8 Å². The number of aromatic nitrogens is 3. The van der Waals surface area contributed by atoms with Crippen LogP contribution in [0.3, 0.4) is 0 Å². The number of hydrogen-bond acceptors (Lipinski definition) is 9. The molecule has 10 nitrogen and oxygen atoms in total. The summed E-state index contributed by atoms with van der Waals surface area (Å²) < 4.78 is 5.19. The topological polar surface area (TPSA) is 172 Å². The van der Waals surface area contributed by atoms with E-state index in [1.165, 1.54) is 6.33 Å². The molecule has 3 rings (SSSR count). The third-order valence-electron chi connectivity index (χ3n) is 4.75. The maximum Gasteiger partial charge on any atom is 0.323 e. The van der Waals surface area contributed by atoms with E-state index in [0.717, 1.165) is 0 Å². The van der Waals surface area contributed by atoms with Crippen molar-refractivity contribution in [3.05, 3.63) is 18.1 Å². The largest absolute Gasteiger partial charge is 0.463 e. The number of nitrogens with one attached hydrogen (secondary N) is 2. The minimum Gasteiger partial charge on any atom is -0.463 e. The summed E-state index contributed by atoms with van der Waals surface area (Å²) in [5.41, 5.74) is 13.3. The van der Waals surface area contributed by atoms with Gasteiger partial charge in [-0.25, -0.2) is 9.97 Å². The number of esters is 1. The van der Waals surface area contributed by atoms with Gasteiger partial charge in [0.1, 0.15) is 36.7 Å². The first-order valence-corrected chi connectivity index (χ1v) is 8.43. The van der Waals surface area contributed by atoms with Crippen molar-refractivity contribution in [2.75, 3.05) is 12.3 Å². The smallest absolute Gasteiger partial charge is 0.323 e. The molecule has 1 aliphatic heterocycles. The van der Waals surface area contributed by atoms with Gasteiger partial charge in [0.15, 0.2) is 5.82 Å². The van der Waals surface area contributed by atoms with Crippen molar-refractivity contribution in [2.45, 2.75) is 44.2 Å². The van der Waals surface area contributed by atoms with E-state index in [-0.39, 0.29) is 24.9 Å². The number of aliphatic hydroxyl groups is 2. The molecular weight excluding hydrogens is 376 g/mol. The number of nitrogens with two attached hydrogens (primary N) is 2. The molecule has 3 heterocycles. The molecule has 0 saturated carbocycles. The van der Waals surface area contributed by atoms with E-state index in [1.54, 1.807) is 6.20 Å². The lowest BCUT2D eigenvalue weighted by atomic mass is 10.0. The van der Waals surface area contributed by atoms with Crippen LogP contribution in [0.1, 0.15) is 25.5 Å². The van der Waals surface area contributed by atoms with Gasteiger partial charge in [-0.2, -0.15) is 0 Å². The third-order valence-corrected chi connectivity index (χ3v) is 4.75. The van der Waals surface area contributed by atoms with Crippen LogP contribution in [-0.2, 0) is 9.53 Å². The Morgan fingerprint density at radius 2 is 2.04 bits per heavy atom. The number of anilines is 1. The van der Waals surface area contributed by atoms with Crippen molar-refractivity contribution in [2.24, 2.45) is 11.7 Å². The van der Waals surface area contributed by atoms with Gasteiger partial charge in [0.05, 0.1) is 17.6 Å². The van der Waals surface area contributed by atoms with Gasteiger partial charge in [-0.3, -0.25) is 10.1 Å². The molecule has 8 N–H and O–H groups in total. The van der Waals surface area contributed by atoms with Crippen LogP contribution >= 0.6 is 12.4 Å². The number of carbonyl (C=O) groups excluding carboxylic acids is 1. The molecule has 150 valence electrons. The lowest BCUT2D eigenvalue weighted by Crippen LogP contribution is -2.42. The molecule has 2 aromatic heterocycles. The molecular formula is C16H25ClN6O4. The maximum atomic E-state index is 11.9. The number of ether oxygens (including phenoxy) is 1. The predicted molar refractivity (Wildman–Crippen MR) is 101 cm³/mol. The molecule has 0 aromatic carbocycles. The number of aromatic amines is 1. The quantitative estimate of drug-likeness (QED) is 0.352. The molecule has 1 saturated heterocycles. The zero-order chi connectivity index (χ0) is 19.0. The fourth-order valence-electron chi connectivity index (χ4n) is 3.04. The Kier molecular flexibility index (Phi) is 6.60. The summed E-state index contributed by atoms with van der Waals surface area (Å²) >= 11 is 0. The van der Waals surface area contributed by atoms with Crippen LogP contribution in [0.4, 0.5) is 5.82 Å². The van der Waals surface area contributed by atoms with E-state index in [2.05, 4.69) is 20.3 Å². The van der Waals surface area contributed by atoms with E-state index in [4.69, 9.17) is 16.2 Å². The lowest BCUT2D eigenvalue weighted by Gasteiger charge is -2.19. The van der Waals surface area contributed by atoms with Crippen LogP contribution in [0.25, 0.3) is 11.0 Å². The molecule has 0 bridgehead atoms. The highest BCUT2D eigenvalue weighted by molar-refractivity contribution is 5.87. The van der Waals surface area contributed by atoms with Crippen LogP contribution in [0.2, 0.25) is 0 Å². The van der Waals surface area contributed by atoms with Gasteiger partial charge in [0.2, 0.25) is 0 Å². The number of H-pyrrole nitrogens is 1. The molecule has 11 heteroatoms. The Balaban J connectivity index is 0.00000261. The third kappa shape index (κ3) is 3.99. The predicted octanol–water partition coefficient (Wildman–Crippen LogP) is -0.777. The fraction of sp³-hybridized carbons (Fsp3) is 0.562. The molecule has 2 aromatic rings. The molecule has 1 aliphatic rings. The number of fused-ring (bicyclic) bond motifs is 1. The van der Waals surface area contributed by atoms with Gasteiger partial charge in [0, 0.05) is 11.8 Å². The maximum absolute atomic E-state index is 11.9. The summed E-state index contributed by atoms with van der Waals surface area (Å²) in [6.45, 7) is 3.53. The SMILES string of the molecule is CC(C)C(N)C(=O)OC[C@H]1N[C@@H](c2c[nH]c3c(N)ncnc23)[C@H](O)[C@@H]1O.Cl. The summed E-state index contributed by atoms with van der Waals surface area (Å²) in [7, 11) is 0. The highest BCUT2D eigenvalue weighted by Gasteiger charge is 2.43. The van der Waals surface area contributed by atoms with E-state index >= 15 is 0 Å². The Morgan fingerprint density at radius 3 is 2.70 bits per heavy atom. The minimum atomic E-state index is -1.12. The van der Waals surface area contributed by atoms with Gasteiger partial charge in [-0.05, 0) is 5.92 Å². The second-order valence-electron chi connectivity index (χ2n) is 6.86. The van der Waals surface area contributed by atoms with Gasteiger partial charge in [-0.15, -0.1) is 12.4 Å². The fourth-order valence-corrected chi connectivity index (χ4v) is 3.04. The summed E-state index contributed by atoms with van der Waals surface area (Å²) in [6.07, 6.45) is 0.769. The monoisotopic (exact) mass is 400 g/mol. The number of carbonyl (C=O) groups is 1. The summed E-state index contributed by atoms with van der Waals surface area (Å²) in [5, 5.41) is 23.8. The lowest BCUT2D eigenvalue weighted by molar-refractivity contribution is -0.147. The van der Waals surface area contributed by atoms with Crippen LogP contribution < -0.4 is 16.8 Å². The van der Waals surface area contributed by atoms with Crippen molar-refractivity contribution >= 4 is 35.2 Å². The average molecular weight is 401 g/mol. The number of rotatable bonds is 5. The summed E-state index contributed by atoms with van der Waals surface area (Å²) in [5.74, 6) is -0.305. The molecule has 1 fully saturated rings. The Hall–Kier alpha value is -1.98.